The fourth-order valence-corrected chi connectivity index (χ4v) is 4.30. The molecule has 12 heteroatoms. The molecule has 2 N–H and O–H groups in total. The molecule has 2 rings (SSSR count). The first-order valence-corrected chi connectivity index (χ1v) is 12.0. The summed E-state index contributed by atoms with van der Waals surface area (Å²) in [6.07, 6.45) is -8.13. The molecule has 0 aromatic heterocycles. The third-order valence-corrected chi connectivity index (χ3v) is 6.00. The van der Waals surface area contributed by atoms with Crippen molar-refractivity contribution in [2.75, 3.05) is 26.2 Å². The molecule has 6 nitrogen and oxygen atoms in total. The van der Waals surface area contributed by atoms with Gasteiger partial charge in [-0.2, -0.15) is 26.3 Å². The van der Waals surface area contributed by atoms with Gasteiger partial charge in [-0.3, -0.25) is 19.4 Å². The van der Waals surface area contributed by atoms with Crippen LogP contribution in [0.4, 0.5) is 26.3 Å². The Balaban J connectivity index is 2.34. The van der Waals surface area contributed by atoms with Crippen LogP contribution in [-0.2, 0) is 21.9 Å². The van der Waals surface area contributed by atoms with Crippen LogP contribution in [0.5, 0.6) is 0 Å². The Kier molecular flexibility index (Phi) is 10.7. The lowest BCUT2D eigenvalue weighted by atomic mass is 10.0. The van der Waals surface area contributed by atoms with Gasteiger partial charge in [0.15, 0.2) is 0 Å². The van der Waals surface area contributed by atoms with E-state index < -0.39 is 47.5 Å². The van der Waals surface area contributed by atoms with Crippen LogP contribution in [0.25, 0.3) is 0 Å². The van der Waals surface area contributed by atoms with E-state index in [-0.39, 0.29) is 37.3 Å². The smallest absolute Gasteiger partial charge is 0.416 e. The first-order valence-electron chi connectivity index (χ1n) is 12.0. The van der Waals surface area contributed by atoms with Crippen LogP contribution in [0.2, 0.25) is 0 Å². The molecular weight excluding hydrogens is 518 g/mol. The zero-order chi connectivity index (χ0) is 28.7. The van der Waals surface area contributed by atoms with E-state index in [1.165, 1.54) is 0 Å². The van der Waals surface area contributed by atoms with Crippen molar-refractivity contribution in [2.24, 2.45) is 0 Å². The lowest BCUT2D eigenvalue weighted by Gasteiger charge is -2.34. The van der Waals surface area contributed by atoms with Crippen LogP contribution in [0.1, 0.15) is 61.0 Å². The Hall–Kier alpha value is -3.12. The van der Waals surface area contributed by atoms with Gasteiger partial charge in [0.2, 0.25) is 0 Å². The molecule has 0 radical (unpaired) electrons. The maximum atomic E-state index is 13.0. The minimum atomic E-state index is -4.58. The highest BCUT2D eigenvalue weighted by Gasteiger charge is 2.34. The Bertz CT molecular complexity index is 970. The average molecular weight is 549 g/mol. The van der Waals surface area contributed by atoms with E-state index in [1.54, 1.807) is 23.6 Å². The molecule has 0 saturated carbocycles. The molecular formula is C26H30F6N2O4. The van der Waals surface area contributed by atoms with Crippen LogP contribution in [0.3, 0.4) is 0 Å². The van der Waals surface area contributed by atoms with Gasteiger partial charge in [-0.05, 0) is 61.3 Å². The van der Waals surface area contributed by atoms with E-state index >= 15 is 0 Å². The van der Waals surface area contributed by atoms with Crippen LogP contribution >= 0.6 is 0 Å². The standard InChI is InChI=1S/C26H30F6N2O4/c1-3-13-33(21(23(35)36)17-5-9-19(10-6-17)25(27,28)29)15-16-34(14-4-2)22(24(37)38)18-7-11-20(12-8-18)26(30,31)32/h5-12,21-22H,3-4,13-16H2,1-2H3,(H,35,36)(H,37,38). The Morgan fingerprint density at radius 1 is 0.632 bits per heavy atom. The maximum absolute atomic E-state index is 13.0. The van der Waals surface area contributed by atoms with Crippen molar-refractivity contribution in [3.05, 3.63) is 70.8 Å². The van der Waals surface area contributed by atoms with Gasteiger partial charge in [0.1, 0.15) is 12.1 Å². The molecule has 38 heavy (non-hydrogen) atoms. The highest BCUT2D eigenvalue weighted by atomic mass is 19.4. The second-order valence-electron chi connectivity index (χ2n) is 8.79. The molecule has 0 aliphatic carbocycles. The maximum Gasteiger partial charge on any atom is 0.416 e. The number of hydrogen-bond acceptors (Lipinski definition) is 4. The zero-order valence-corrected chi connectivity index (χ0v) is 20.9. The summed E-state index contributed by atoms with van der Waals surface area (Å²) in [6.45, 7) is 4.22. The first kappa shape index (κ1) is 31.1. The van der Waals surface area contributed by atoms with Crippen molar-refractivity contribution in [1.29, 1.82) is 0 Å². The van der Waals surface area contributed by atoms with Crippen molar-refractivity contribution < 1.29 is 46.1 Å². The molecule has 0 amide bonds. The van der Waals surface area contributed by atoms with Crippen LogP contribution < -0.4 is 0 Å². The molecule has 0 aliphatic rings. The normalized spacial score (nSPS) is 14.1. The van der Waals surface area contributed by atoms with Gasteiger partial charge in [0.25, 0.3) is 0 Å². The largest absolute Gasteiger partial charge is 0.480 e. The number of carboxylic acid groups (broad SMARTS) is 2. The fourth-order valence-electron chi connectivity index (χ4n) is 4.30. The van der Waals surface area contributed by atoms with Crippen molar-refractivity contribution >= 4 is 11.9 Å². The number of carbonyl (C=O) groups is 2. The fraction of sp³-hybridized carbons (Fsp3) is 0.462. The Morgan fingerprint density at radius 2 is 0.921 bits per heavy atom. The quantitative estimate of drug-likeness (QED) is 0.295. The van der Waals surface area contributed by atoms with Crippen molar-refractivity contribution in [2.45, 2.75) is 51.1 Å². The van der Waals surface area contributed by atoms with Crippen LogP contribution in [0, 0.1) is 0 Å². The monoisotopic (exact) mass is 548 g/mol. The summed E-state index contributed by atoms with van der Waals surface area (Å²) >= 11 is 0. The minimum absolute atomic E-state index is 0.0518. The lowest BCUT2D eigenvalue weighted by Crippen LogP contribution is -2.43. The third-order valence-electron chi connectivity index (χ3n) is 6.00. The number of aliphatic carboxylic acids is 2. The van der Waals surface area contributed by atoms with E-state index in [9.17, 15) is 46.1 Å². The van der Waals surface area contributed by atoms with E-state index in [0.29, 0.717) is 12.8 Å². The summed E-state index contributed by atoms with van der Waals surface area (Å²) in [5.41, 5.74) is -1.55. The summed E-state index contributed by atoms with van der Waals surface area (Å²) in [6, 6.07) is 5.10. The summed E-state index contributed by atoms with van der Waals surface area (Å²) in [5.74, 6) is -2.56. The molecule has 2 unspecified atom stereocenters. The van der Waals surface area contributed by atoms with Gasteiger partial charge in [-0.1, -0.05) is 38.1 Å². The molecule has 0 bridgehead atoms. The molecule has 210 valence electrons. The number of rotatable bonds is 13. The van der Waals surface area contributed by atoms with Gasteiger partial charge in [-0.25, -0.2) is 0 Å². The summed E-state index contributed by atoms with van der Waals surface area (Å²) < 4.78 is 77.8. The highest BCUT2D eigenvalue weighted by Crippen LogP contribution is 2.33. The third kappa shape index (κ3) is 8.19. The Labute approximate surface area is 216 Å². The van der Waals surface area contributed by atoms with Gasteiger partial charge >= 0.3 is 24.3 Å². The van der Waals surface area contributed by atoms with Gasteiger partial charge in [-0.15, -0.1) is 0 Å². The molecule has 0 aliphatic heterocycles. The lowest BCUT2D eigenvalue weighted by molar-refractivity contribution is -0.146. The molecule has 0 fully saturated rings. The predicted molar refractivity (Wildman–Crippen MR) is 127 cm³/mol. The second-order valence-corrected chi connectivity index (χ2v) is 8.79. The van der Waals surface area contributed by atoms with Crippen LogP contribution in [-0.4, -0.2) is 58.1 Å². The number of alkyl halides is 6. The molecule has 0 heterocycles. The number of halogens is 6. The zero-order valence-electron chi connectivity index (χ0n) is 20.9. The molecule has 2 aromatic rings. The highest BCUT2D eigenvalue weighted by molar-refractivity contribution is 5.76. The molecule has 0 saturated heterocycles. The van der Waals surface area contributed by atoms with E-state index in [4.69, 9.17) is 0 Å². The molecule has 2 aromatic carbocycles. The summed E-state index contributed by atoms with van der Waals surface area (Å²) in [4.78, 5) is 27.4. The molecule has 0 spiro atoms. The first-order chi connectivity index (χ1) is 17.7. The second kappa shape index (κ2) is 13.1. The SMILES string of the molecule is CCCN(CCN(CCC)C(C(=O)O)c1ccc(C(F)(F)F)cc1)C(C(=O)O)c1ccc(C(F)(F)F)cc1. The van der Waals surface area contributed by atoms with Crippen LogP contribution in [0.15, 0.2) is 48.5 Å². The van der Waals surface area contributed by atoms with Gasteiger partial charge < -0.3 is 10.2 Å². The van der Waals surface area contributed by atoms with E-state index in [1.807, 2.05) is 0 Å². The average Bonchev–Trinajstić information content (AvgIpc) is 2.82. The van der Waals surface area contributed by atoms with Crippen molar-refractivity contribution in [3.63, 3.8) is 0 Å². The van der Waals surface area contributed by atoms with Gasteiger partial charge in [0, 0.05) is 13.1 Å². The van der Waals surface area contributed by atoms with Crippen molar-refractivity contribution in [3.8, 4) is 0 Å². The molecule has 2 atom stereocenters. The van der Waals surface area contributed by atoms with Crippen molar-refractivity contribution in [1.82, 2.24) is 9.80 Å². The number of benzene rings is 2. The van der Waals surface area contributed by atoms with Gasteiger partial charge in [0.05, 0.1) is 11.1 Å². The van der Waals surface area contributed by atoms with E-state index in [0.717, 1.165) is 48.5 Å². The number of nitrogens with zero attached hydrogens (tertiary/aromatic N) is 2. The topological polar surface area (TPSA) is 81.1 Å². The predicted octanol–water partition coefficient (Wildman–Crippen LogP) is 6.10. The summed E-state index contributed by atoms with van der Waals surface area (Å²) in [5, 5.41) is 19.9. The minimum Gasteiger partial charge on any atom is -0.480 e. The number of hydrogen-bond donors (Lipinski definition) is 2. The Morgan fingerprint density at radius 3 is 1.13 bits per heavy atom. The number of carboxylic acids is 2. The van der Waals surface area contributed by atoms with E-state index in [2.05, 4.69) is 0 Å². The summed E-state index contributed by atoms with van der Waals surface area (Å²) in [7, 11) is 0.